The van der Waals surface area contributed by atoms with Crippen molar-refractivity contribution in [2.75, 3.05) is 7.05 Å². The van der Waals surface area contributed by atoms with Crippen LogP contribution in [-0.2, 0) is 4.79 Å². The molecule has 0 aromatic rings. The Hall–Kier alpha value is -0.570. The number of hydrogen-bond acceptors (Lipinski definition) is 2. The highest BCUT2D eigenvalue weighted by atomic mass is 16.2. The van der Waals surface area contributed by atoms with E-state index in [0.717, 1.165) is 0 Å². The lowest BCUT2D eigenvalue weighted by molar-refractivity contribution is -0.129. The third kappa shape index (κ3) is 1.46. The van der Waals surface area contributed by atoms with Crippen molar-refractivity contribution < 1.29 is 4.79 Å². The molecule has 0 aromatic heterocycles. The first-order valence-electron chi connectivity index (χ1n) is 4.37. The summed E-state index contributed by atoms with van der Waals surface area (Å²) in [5, 5.41) is 3.27. The summed E-state index contributed by atoms with van der Waals surface area (Å²) in [4.78, 5) is 13.2. The lowest BCUT2D eigenvalue weighted by Gasteiger charge is -2.32. The molecule has 70 valence electrons. The van der Waals surface area contributed by atoms with Crippen molar-refractivity contribution in [3.05, 3.63) is 0 Å². The van der Waals surface area contributed by atoms with Gasteiger partial charge in [-0.25, -0.2) is 0 Å². The van der Waals surface area contributed by atoms with Crippen molar-refractivity contribution in [3.63, 3.8) is 0 Å². The molecule has 3 heteroatoms. The molecule has 1 fully saturated rings. The van der Waals surface area contributed by atoms with Gasteiger partial charge in [0, 0.05) is 7.05 Å². The summed E-state index contributed by atoms with van der Waals surface area (Å²) in [6.45, 7) is 8.30. The third-order valence-corrected chi connectivity index (χ3v) is 2.33. The summed E-state index contributed by atoms with van der Waals surface area (Å²) in [6, 6.07) is -0.0285. The van der Waals surface area contributed by atoms with E-state index in [1.165, 1.54) is 0 Å². The fraction of sp³-hybridized carbons (Fsp3) is 0.889. The monoisotopic (exact) mass is 170 g/mol. The van der Waals surface area contributed by atoms with Crippen molar-refractivity contribution in [3.8, 4) is 0 Å². The molecule has 0 unspecified atom stereocenters. The Labute approximate surface area is 74.1 Å². The van der Waals surface area contributed by atoms with E-state index in [2.05, 4.69) is 26.1 Å². The molecular weight excluding hydrogens is 152 g/mol. The predicted octanol–water partition coefficient (Wildman–Crippen LogP) is 0.809. The van der Waals surface area contributed by atoms with Gasteiger partial charge in [0.05, 0.1) is 12.2 Å². The summed E-state index contributed by atoms with van der Waals surface area (Å²) in [6.07, 6.45) is 0.167. The minimum Gasteiger partial charge on any atom is -0.328 e. The van der Waals surface area contributed by atoms with Crippen LogP contribution in [0, 0.1) is 5.41 Å². The van der Waals surface area contributed by atoms with Gasteiger partial charge in [0.25, 0.3) is 0 Å². The minimum atomic E-state index is -0.0285. The Morgan fingerprint density at radius 3 is 2.08 bits per heavy atom. The average Bonchev–Trinajstić information content (AvgIpc) is 2.15. The normalized spacial score (nSPS) is 31.4. The van der Waals surface area contributed by atoms with E-state index in [4.69, 9.17) is 0 Å². The average molecular weight is 170 g/mol. The van der Waals surface area contributed by atoms with E-state index in [9.17, 15) is 4.79 Å². The molecule has 0 radical (unpaired) electrons. The van der Waals surface area contributed by atoms with Crippen molar-refractivity contribution in [1.29, 1.82) is 0 Å². The van der Waals surface area contributed by atoms with Crippen LogP contribution < -0.4 is 5.32 Å². The predicted molar refractivity (Wildman–Crippen MR) is 48.6 cm³/mol. The number of hydrogen-bond donors (Lipinski definition) is 1. The molecule has 1 saturated heterocycles. The van der Waals surface area contributed by atoms with Gasteiger partial charge in [-0.05, 0) is 12.3 Å². The molecule has 2 atom stereocenters. The van der Waals surface area contributed by atoms with Gasteiger partial charge in [-0.2, -0.15) is 0 Å². The number of amides is 1. The molecule has 1 rings (SSSR count). The molecular formula is C9H18N2O. The number of nitrogens with zero attached hydrogens (tertiary/aromatic N) is 1. The molecule has 0 aromatic carbocycles. The van der Waals surface area contributed by atoms with Gasteiger partial charge in [-0.3, -0.25) is 10.1 Å². The van der Waals surface area contributed by atoms with Crippen LogP contribution in [0.3, 0.4) is 0 Å². The van der Waals surface area contributed by atoms with Gasteiger partial charge < -0.3 is 4.90 Å². The smallest absolute Gasteiger partial charge is 0.240 e. The van der Waals surface area contributed by atoms with Crippen LogP contribution in [0.25, 0.3) is 0 Å². The van der Waals surface area contributed by atoms with Crippen LogP contribution in [0.5, 0.6) is 0 Å². The first-order valence-corrected chi connectivity index (χ1v) is 4.37. The second-order valence-electron chi connectivity index (χ2n) is 4.61. The van der Waals surface area contributed by atoms with E-state index < -0.39 is 0 Å². The Bertz CT molecular complexity index is 195. The molecule has 1 N–H and O–H groups in total. The summed E-state index contributed by atoms with van der Waals surface area (Å²) < 4.78 is 0. The van der Waals surface area contributed by atoms with Crippen LogP contribution in [0.15, 0.2) is 0 Å². The highest BCUT2D eigenvalue weighted by Crippen LogP contribution is 2.25. The number of carbonyl (C=O) groups is 1. The summed E-state index contributed by atoms with van der Waals surface area (Å²) >= 11 is 0. The van der Waals surface area contributed by atoms with Gasteiger partial charge in [-0.15, -0.1) is 0 Å². The lowest BCUT2D eigenvalue weighted by Crippen LogP contribution is -2.45. The Morgan fingerprint density at radius 1 is 1.42 bits per heavy atom. The maximum atomic E-state index is 11.4. The number of rotatable bonds is 0. The van der Waals surface area contributed by atoms with E-state index in [1.807, 2.05) is 14.0 Å². The van der Waals surface area contributed by atoms with Crippen LogP contribution in [0.4, 0.5) is 0 Å². The van der Waals surface area contributed by atoms with Crippen molar-refractivity contribution >= 4 is 5.91 Å². The lowest BCUT2D eigenvalue weighted by atomic mass is 9.92. The van der Waals surface area contributed by atoms with Gasteiger partial charge in [0.15, 0.2) is 0 Å². The number of nitrogens with one attached hydrogen (secondary N) is 1. The van der Waals surface area contributed by atoms with Crippen LogP contribution in [0.1, 0.15) is 27.7 Å². The zero-order valence-electron chi connectivity index (χ0n) is 8.51. The summed E-state index contributed by atoms with van der Waals surface area (Å²) in [5.74, 6) is 0.190. The molecule has 3 nitrogen and oxygen atoms in total. The van der Waals surface area contributed by atoms with Crippen LogP contribution >= 0.6 is 0 Å². The molecule has 1 aliphatic heterocycles. The Morgan fingerprint density at radius 2 is 1.92 bits per heavy atom. The molecule has 1 heterocycles. The molecule has 0 saturated carbocycles. The van der Waals surface area contributed by atoms with Gasteiger partial charge in [-0.1, -0.05) is 20.8 Å². The molecule has 12 heavy (non-hydrogen) atoms. The number of likely N-dealkylation sites (N-methyl/N-ethyl adjacent to an activating group) is 1. The highest BCUT2D eigenvalue weighted by molar-refractivity contribution is 5.83. The minimum absolute atomic E-state index is 0.0285. The molecule has 0 aliphatic carbocycles. The molecule has 1 amide bonds. The first-order chi connectivity index (χ1) is 5.34. The third-order valence-electron chi connectivity index (χ3n) is 2.33. The summed E-state index contributed by atoms with van der Waals surface area (Å²) in [7, 11) is 1.86. The van der Waals surface area contributed by atoms with Gasteiger partial charge in [0.1, 0.15) is 0 Å². The molecule has 0 spiro atoms. The second kappa shape index (κ2) is 2.73. The van der Waals surface area contributed by atoms with Crippen LogP contribution in [0.2, 0.25) is 0 Å². The van der Waals surface area contributed by atoms with E-state index >= 15 is 0 Å². The fourth-order valence-corrected chi connectivity index (χ4v) is 1.68. The Kier molecular flexibility index (Phi) is 2.17. The van der Waals surface area contributed by atoms with Crippen molar-refractivity contribution in [1.82, 2.24) is 10.2 Å². The maximum Gasteiger partial charge on any atom is 0.240 e. The maximum absolute atomic E-state index is 11.4. The highest BCUT2D eigenvalue weighted by Gasteiger charge is 2.39. The first kappa shape index (κ1) is 9.52. The van der Waals surface area contributed by atoms with E-state index in [0.29, 0.717) is 0 Å². The van der Waals surface area contributed by atoms with Crippen molar-refractivity contribution in [2.45, 2.75) is 39.9 Å². The Balaban J connectivity index is 2.78. The molecule has 1 aliphatic rings. The zero-order chi connectivity index (χ0) is 9.52. The fourth-order valence-electron chi connectivity index (χ4n) is 1.68. The summed E-state index contributed by atoms with van der Waals surface area (Å²) in [5.41, 5.74) is 0.106. The SMILES string of the molecule is C[C@H]1N[C@H](C(C)(C)C)N(C)C1=O. The zero-order valence-corrected chi connectivity index (χ0v) is 8.51. The van der Waals surface area contributed by atoms with Gasteiger partial charge in [0.2, 0.25) is 5.91 Å². The molecule has 0 bridgehead atoms. The topological polar surface area (TPSA) is 32.3 Å². The largest absolute Gasteiger partial charge is 0.328 e. The van der Waals surface area contributed by atoms with Crippen molar-refractivity contribution in [2.24, 2.45) is 5.41 Å². The standard InChI is InChI=1S/C9H18N2O/c1-6-7(12)11(5)8(10-6)9(2,3)4/h6,8,10H,1-5H3/t6-,8+/m1/s1. The second-order valence-corrected chi connectivity index (χ2v) is 4.61. The van der Waals surface area contributed by atoms with Gasteiger partial charge >= 0.3 is 0 Å². The van der Waals surface area contributed by atoms with E-state index in [-0.39, 0.29) is 23.5 Å². The quantitative estimate of drug-likeness (QED) is 0.583. The number of carbonyl (C=O) groups excluding carboxylic acids is 1. The van der Waals surface area contributed by atoms with Crippen LogP contribution in [-0.4, -0.2) is 30.1 Å². The van der Waals surface area contributed by atoms with E-state index in [1.54, 1.807) is 4.90 Å².